The first-order chi connectivity index (χ1) is 9.28. The molecule has 0 N–H and O–H groups in total. The van der Waals surface area contributed by atoms with Gasteiger partial charge in [0, 0.05) is 29.0 Å². The van der Waals surface area contributed by atoms with E-state index in [2.05, 4.69) is 23.0 Å². The summed E-state index contributed by atoms with van der Waals surface area (Å²) in [6.45, 7) is 2.07. The van der Waals surface area contributed by atoms with Gasteiger partial charge in [0.05, 0.1) is 5.52 Å². The molecule has 1 aromatic carbocycles. The second kappa shape index (κ2) is 4.76. The molecule has 0 saturated carbocycles. The highest BCUT2D eigenvalue weighted by Crippen LogP contribution is 2.26. The second-order valence-electron chi connectivity index (χ2n) is 4.41. The first kappa shape index (κ1) is 11.8. The van der Waals surface area contributed by atoms with Crippen molar-refractivity contribution in [1.82, 2.24) is 9.97 Å². The van der Waals surface area contributed by atoms with Crippen LogP contribution in [0.5, 0.6) is 0 Å². The predicted molar refractivity (Wildman–Crippen MR) is 74.3 cm³/mol. The molecule has 0 amide bonds. The number of pyridine rings is 2. The number of hydrogen-bond acceptors (Lipinski definition) is 2. The van der Waals surface area contributed by atoms with Crippen molar-refractivity contribution in [2.24, 2.45) is 0 Å². The number of benzene rings is 1. The number of aromatic nitrogens is 2. The van der Waals surface area contributed by atoms with Gasteiger partial charge >= 0.3 is 0 Å². The van der Waals surface area contributed by atoms with Gasteiger partial charge in [-0.2, -0.15) is 0 Å². The fraction of sp³-hybridized carbons (Fsp3) is 0.125. The lowest BCUT2D eigenvalue weighted by Crippen LogP contribution is -1.94. The molecule has 3 rings (SSSR count). The summed E-state index contributed by atoms with van der Waals surface area (Å²) >= 11 is 0. The third kappa shape index (κ3) is 2.19. The largest absolute Gasteiger partial charge is 0.264 e. The normalized spacial score (nSPS) is 10.8. The van der Waals surface area contributed by atoms with Crippen molar-refractivity contribution >= 4 is 10.9 Å². The molecular weight excluding hydrogens is 239 g/mol. The fourth-order valence-electron chi connectivity index (χ4n) is 2.21. The zero-order chi connectivity index (χ0) is 13.2. The van der Waals surface area contributed by atoms with Gasteiger partial charge in [-0.25, -0.2) is 4.39 Å². The van der Waals surface area contributed by atoms with Crippen LogP contribution in [0.2, 0.25) is 0 Å². The van der Waals surface area contributed by atoms with E-state index in [4.69, 9.17) is 0 Å². The molecule has 0 unspecified atom stereocenters. The van der Waals surface area contributed by atoms with Crippen LogP contribution in [0.15, 0.2) is 48.8 Å². The summed E-state index contributed by atoms with van der Waals surface area (Å²) in [5.74, 6) is -0.225. The Hall–Kier alpha value is -2.29. The van der Waals surface area contributed by atoms with E-state index >= 15 is 0 Å². The molecule has 19 heavy (non-hydrogen) atoms. The van der Waals surface area contributed by atoms with Gasteiger partial charge in [-0.05, 0) is 36.2 Å². The molecule has 0 fully saturated rings. The first-order valence-corrected chi connectivity index (χ1v) is 6.27. The lowest BCUT2D eigenvalue weighted by Gasteiger charge is -2.09. The van der Waals surface area contributed by atoms with Gasteiger partial charge in [0.15, 0.2) is 0 Å². The molecule has 2 aromatic heterocycles. The molecule has 0 aliphatic heterocycles. The summed E-state index contributed by atoms with van der Waals surface area (Å²) in [6.07, 6.45) is 4.38. The molecule has 2 heterocycles. The molecule has 0 radical (unpaired) electrons. The Bertz CT molecular complexity index is 720. The van der Waals surface area contributed by atoms with E-state index in [1.54, 1.807) is 24.5 Å². The first-order valence-electron chi connectivity index (χ1n) is 6.27. The van der Waals surface area contributed by atoms with Crippen LogP contribution < -0.4 is 0 Å². The van der Waals surface area contributed by atoms with E-state index in [1.807, 2.05) is 6.07 Å². The third-order valence-corrected chi connectivity index (χ3v) is 3.18. The van der Waals surface area contributed by atoms with Crippen molar-refractivity contribution in [2.75, 3.05) is 0 Å². The summed E-state index contributed by atoms with van der Waals surface area (Å²) < 4.78 is 13.0. The topological polar surface area (TPSA) is 25.8 Å². The number of hydrogen-bond donors (Lipinski definition) is 0. The minimum Gasteiger partial charge on any atom is -0.264 e. The predicted octanol–water partition coefficient (Wildman–Crippen LogP) is 4.00. The Morgan fingerprint density at radius 2 is 1.89 bits per heavy atom. The van der Waals surface area contributed by atoms with Crippen LogP contribution in [0.1, 0.15) is 12.6 Å². The molecule has 3 aromatic rings. The molecule has 2 nitrogen and oxygen atoms in total. The average Bonchev–Trinajstić information content (AvgIpc) is 2.46. The van der Waals surface area contributed by atoms with E-state index in [1.165, 1.54) is 12.1 Å². The maximum Gasteiger partial charge on any atom is 0.123 e. The zero-order valence-electron chi connectivity index (χ0n) is 10.6. The summed E-state index contributed by atoms with van der Waals surface area (Å²) in [7, 11) is 0. The van der Waals surface area contributed by atoms with Gasteiger partial charge in [-0.3, -0.25) is 9.97 Å². The standard InChI is InChI=1S/C16H13FN2/c1-2-15-14(11-3-5-13(17)6-4-11)9-12-10-18-8-7-16(12)19-15/h3-10H,2H2,1H3. The second-order valence-corrected chi connectivity index (χ2v) is 4.41. The maximum absolute atomic E-state index is 13.0. The van der Waals surface area contributed by atoms with Gasteiger partial charge in [-0.15, -0.1) is 0 Å². The van der Waals surface area contributed by atoms with Gasteiger partial charge in [-0.1, -0.05) is 19.1 Å². The van der Waals surface area contributed by atoms with Crippen LogP contribution in [-0.4, -0.2) is 9.97 Å². The van der Waals surface area contributed by atoms with Gasteiger partial charge < -0.3 is 0 Å². The van der Waals surface area contributed by atoms with Gasteiger partial charge in [0.1, 0.15) is 5.82 Å². The average molecular weight is 252 g/mol. The molecular formula is C16H13FN2. The Balaban J connectivity index is 2.23. The molecule has 0 aliphatic carbocycles. The van der Waals surface area contributed by atoms with Crippen molar-refractivity contribution < 1.29 is 4.39 Å². The van der Waals surface area contributed by atoms with E-state index in [-0.39, 0.29) is 5.82 Å². The molecule has 3 heteroatoms. The maximum atomic E-state index is 13.0. The summed E-state index contributed by atoms with van der Waals surface area (Å²) in [5.41, 5.74) is 3.99. The van der Waals surface area contributed by atoms with Gasteiger partial charge in [0.2, 0.25) is 0 Å². The number of nitrogens with zero attached hydrogens (tertiary/aromatic N) is 2. The van der Waals surface area contributed by atoms with Crippen LogP contribution in [0.4, 0.5) is 4.39 Å². The van der Waals surface area contributed by atoms with Crippen LogP contribution in [0.3, 0.4) is 0 Å². The summed E-state index contributed by atoms with van der Waals surface area (Å²) in [5, 5.41) is 0.999. The molecule has 0 atom stereocenters. The van der Waals surface area contributed by atoms with Crippen LogP contribution >= 0.6 is 0 Å². The van der Waals surface area contributed by atoms with E-state index in [9.17, 15) is 4.39 Å². The van der Waals surface area contributed by atoms with Crippen LogP contribution in [0, 0.1) is 5.82 Å². The number of fused-ring (bicyclic) bond motifs is 1. The highest BCUT2D eigenvalue weighted by molar-refractivity contribution is 5.84. The molecule has 0 bridgehead atoms. The van der Waals surface area contributed by atoms with Crippen molar-refractivity contribution in [1.29, 1.82) is 0 Å². The zero-order valence-corrected chi connectivity index (χ0v) is 10.6. The van der Waals surface area contributed by atoms with Crippen molar-refractivity contribution in [2.45, 2.75) is 13.3 Å². The Labute approximate surface area is 111 Å². The number of halogens is 1. The highest BCUT2D eigenvalue weighted by Gasteiger charge is 2.08. The SMILES string of the molecule is CCc1nc2ccncc2cc1-c1ccc(F)cc1. The Morgan fingerprint density at radius 3 is 2.63 bits per heavy atom. The highest BCUT2D eigenvalue weighted by atomic mass is 19.1. The Morgan fingerprint density at radius 1 is 1.11 bits per heavy atom. The molecule has 94 valence electrons. The van der Waals surface area contributed by atoms with E-state index < -0.39 is 0 Å². The number of rotatable bonds is 2. The van der Waals surface area contributed by atoms with Crippen LogP contribution in [0.25, 0.3) is 22.0 Å². The molecule has 0 saturated heterocycles. The lowest BCUT2D eigenvalue weighted by molar-refractivity contribution is 0.628. The minimum absolute atomic E-state index is 0.225. The lowest BCUT2D eigenvalue weighted by atomic mass is 10.0. The van der Waals surface area contributed by atoms with E-state index in [0.29, 0.717) is 0 Å². The quantitative estimate of drug-likeness (QED) is 0.689. The monoisotopic (exact) mass is 252 g/mol. The van der Waals surface area contributed by atoms with E-state index in [0.717, 1.165) is 34.1 Å². The van der Waals surface area contributed by atoms with Crippen molar-refractivity contribution in [3.8, 4) is 11.1 Å². The minimum atomic E-state index is -0.225. The third-order valence-electron chi connectivity index (χ3n) is 3.18. The smallest absolute Gasteiger partial charge is 0.123 e. The van der Waals surface area contributed by atoms with Crippen molar-refractivity contribution in [3.63, 3.8) is 0 Å². The van der Waals surface area contributed by atoms with Crippen molar-refractivity contribution in [3.05, 3.63) is 60.3 Å². The Kier molecular flexibility index (Phi) is 2.95. The molecule has 0 spiro atoms. The van der Waals surface area contributed by atoms with Crippen LogP contribution in [-0.2, 0) is 6.42 Å². The van der Waals surface area contributed by atoms with Gasteiger partial charge in [0.25, 0.3) is 0 Å². The summed E-state index contributed by atoms with van der Waals surface area (Å²) in [6, 6.07) is 10.5. The molecule has 0 aliphatic rings. The number of aryl methyl sites for hydroxylation is 1. The fourth-order valence-corrected chi connectivity index (χ4v) is 2.21. The summed E-state index contributed by atoms with van der Waals surface area (Å²) in [4.78, 5) is 8.78.